The van der Waals surface area contributed by atoms with Gasteiger partial charge in [0.15, 0.2) is 0 Å². The topological polar surface area (TPSA) is 63.2 Å². The number of anilines is 3. The molecular formula is C19H25N3O2. The molecule has 0 spiro atoms. The standard InChI is InChI=1S/C19H25N3O2/c1-12(2)15-7-6-8-16(13(3)4)18(15)21-14-9-10-17(20-11-14)22-19(23)24-5/h6-13,21H,1-5H3,(H,20,22,23). The van der Waals surface area contributed by atoms with E-state index in [4.69, 9.17) is 0 Å². The number of ether oxygens (including phenoxy) is 1. The quantitative estimate of drug-likeness (QED) is 0.787. The SMILES string of the molecule is COC(=O)Nc1ccc(Nc2c(C(C)C)cccc2C(C)C)cn1. The number of pyridine rings is 1. The van der Waals surface area contributed by atoms with Crippen molar-refractivity contribution in [3.63, 3.8) is 0 Å². The summed E-state index contributed by atoms with van der Waals surface area (Å²) < 4.78 is 4.56. The molecule has 1 heterocycles. The fraction of sp³-hybridized carbons (Fsp3) is 0.368. The monoisotopic (exact) mass is 327 g/mol. The van der Waals surface area contributed by atoms with Crippen LogP contribution in [0.1, 0.15) is 50.7 Å². The molecule has 0 fully saturated rings. The Morgan fingerprint density at radius 2 is 1.67 bits per heavy atom. The predicted octanol–water partition coefficient (Wildman–Crippen LogP) is 5.25. The number of benzene rings is 1. The van der Waals surface area contributed by atoms with Crippen LogP contribution in [-0.2, 0) is 4.74 Å². The van der Waals surface area contributed by atoms with Crippen molar-refractivity contribution < 1.29 is 9.53 Å². The molecule has 1 aromatic heterocycles. The van der Waals surface area contributed by atoms with Crippen LogP contribution in [0.3, 0.4) is 0 Å². The minimum atomic E-state index is -0.532. The average Bonchev–Trinajstić information content (AvgIpc) is 2.56. The molecule has 24 heavy (non-hydrogen) atoms. The van der Waals surface area contributed by atoms with Crippen molar-refractivity contribution >= 4 is 23.3 Å². The van der Waals surface area contributed by atoms with Crippen LogP contribution in [0.15, 0.2) is 36.5 Å². The highest BCUT2D eigenvalue weighted by Gasteiger charge is 2.14. The van der Waals surface area contributed by atoms with E-state index < -0.39 is 6.09 Å². The van der Waals surface area contributed by atoms with Gasteiger partial charge < -0.3 is 10.1 Å². The largest absolute Gasteiger partial charge is 0.453 e. The number of nitrogens with one attached hydrogen (secondary N) is 2. The maximum atomic E-state index is 11.2. The highest BCUT2D eigenvalue weighted by Crippen LogP contribution is 2.34. The number of amides is 1. The van der Waals surface area contributed by atoms with Gasteiger partial charge in [0.1, 0.15) is 5.82 Å². The Morgan fingerprint density at radius 1 is 1.04 bits per heavy atom. The first-order valence-electron chi connectivity index (χ1n) is 8.13. The molecule has 5 nitrogen and oxygen atoms in total. The lowest BCUT2D eigenvalue weighted by atomic mass is 9.92. The molecule has 0 aliphatic rings. The third-order valence-electron chi connectivity index (χ3n) is 3.82. The normalized spacial score (nSPS) is 10.8. The van der Waals surface area contributed by atoms with Gasteiger partial charge in [0.2, 0.25) is 0 Å². The van der Waals surface area contributed by atoms with E-state index in [1.807, 2.05) is 6.07 Å². The van der Waals surface area contributed by atoms with E-state index >= 15 is 0 Å². The summed E-state index contributed by atoms with van der Waals surface area (Å²) in [6.07, 6.45) is 1.17. The molecule has 0 aliphatic carbocycles. The van der Waals surface area contributed by atoms with Crippen molar-refractivity contribution in [1.82, 2.24) is 4.98 Å². The van der Waals surface area contributed by atoms with Gasteiger partial charge in [-0.1, -0.05) is 45.9 Å². The Hall–Kier alpha value is -2.56. The van der Waals surface area contributed by atoms with E-state index in [9.17, 15) is 4.79 Å². The zero-order chi connectivity index (χ0) is 17.7. The molecular weight excluding hydrogens is 302 g/mol. The summed E-state index contributed by atoms with van der Waals surface area (Å²) in [5.41, 5.74) is 4.56. The Bertz CT molecular complexity index is 668. The first-order valence-corrected chi connectivity index (χ1v) is 8.13. The summed E-state index contributed by atoms with van der Waals surface area (Å²) in [6, 6.07) is 10.0. The molecule has 0 saturated carbocycles. The lowest BCUT2D eigenvalue weighted by molar-refractivity contribution is 0.187. The molecule has 0 bridgehead atoms. The van der Waals surface area contributed by atoms with Crippen molar-refractivity contribution in [2.24, 2.45) is 0 Å². The number of nitrogens with zero attached hydrogens (tertiary/aromatic N) is 1. The zero-order valence-corrected chi connectivity index (χ0v) is 14.9. The highest BCUT2D eigenvalue weighted by molar-refractivity contribution is 5.83. The maximum Gasteiger partial charge on any atom is 0.412 e. The van der Waals surface area contributed by atoms with Crippen molar-refractivity contribution in [2.75, 3.05) is 17.7 Å². The lowest BCUT2D eigenvalue weighted by Crippen LogP contribution is -2.12. The number of hydrogen-bond acceptors (Lipinski definition) is 4. The van der Waals surface area contributed by atoms with E-state index in [-0.39, 0.29) is 0 Å². The summed E-state index contributed by atoms with van der Waals surface area (Å²) in [5.74, 6) is 1.28. The van der Waals surface area contributed by atoms with Gasteiger partial charge in [-0.3, -0.25) is 5.32 Å². The van der Waals surface area contributed by atoms with Gasteiger partial charge in [-0.25, -0.2) is 9.78 Å². The van der Waals surface area contributed by atoms with Crippen LogP contribution in [0.4, 0.5) is 22.0 Å². The molecule has 1 aromatic carbocycles. The number of carbonyl (C=O) groups excluding carboxylic acids is 1. The second kappa shape index (κ2) is 7.81. The van der Waals surface area contributed by atoms with Crippen LogP contribution in [-0.4, -0.2) is 18.2 Å². The Kier molecular flexibility index (Phi) is 5.79. The molecule has 0 saturated heterocycles. The van der Waals surface area contributed by atoms with Crippen LogP contribution in [0.5, 0.6) is 0 Å². The summed E-state index contributed by atoms with van der Waals surface area (Å²) in [7, 11) is 1.32. The molecule has 0 unspecified atom stereocenters. The summed E-state index contributed by atoms with van der Waals surface area (Å²) in [5, 5.41) is 6.03. The number of para-hydroxylation sites is 1. The van der Waals surface area contributed by atoms with Gasteiger partial charge in [0, 0.05) is 5.69 Å². The van der Waals surface area contributed by atoms with Crippen LogP contribution in [0, 0.1) is 0 Å². The maximum absolute atomic E-state index is 11.2. The zero-order valence-electron chi connectivity index (χ0n) is 14.9. The molecule has 2 aromatic rings. The fourth-order valence-corrected chi connectivity index (χ4v) is 2.54. The van der Waals surface area contributed by atoms with E-state index in [2.05, 4.69) is 66.2 Å². The number of carbonyl (C=O) groups is 1. The average molecular weight is 327 g/mol. The van der Waals surface area contributed by atoms with Crippen molar-refractivity contribution in [1.29, 1.82) is 0 Å². The van der Waals surface area contributed by atoms with Gasteiger partial charge >= 0.3 is 6.09 Å². The molecule has 1 amide bonds. The number of aromatic nitrogens is 1. The smallest absolute Gasteiger partial charge is 0.412 e. The number of rotatable bonds is 5. The van der Waals surface area contributed by atoms with Crippen molar-refractivity contribution in [3.8, 4) is 0 Å². The Morgan fingerprint density at radius 3 is 2.12 bits per heavy atom. The van der Waals surface area contributed by atoms with Gasteiger partial charge in [-0.05, 0) is 35.1 Å². The van der Waals surface area contributed by atoms with Gasteiger partial charge in [-0.15, -0.1) is 0 Å². The van der Waals surface area contributed by atoms with E-state index in [0.717, 1.165) is 11.4 Å². The second-order valence-corrected chi connectivity index (χ2v) is 6.29. The third kappa shape index (κ3) is 4.25. The molecule has 5 heteroatoms. The molecule has 128 valence electrons. The van der Waals surface area contributed by atoms with Crippen LogP contribution >= 0.6 is 0 Å². The lowest BCUT2D eigenvalue weighted by Gasteiger charge is -2.21. The first kappa shape index (κ1) is 17.8. The van der Waals surface area contributed by atoms with E-state index in [1.54, 1.807) is 12.3 Å². The number of methoxy groups -OCH3 is 1. The van der Waals surface area contributed by atoms with Gasteiger partial charge in [0.05, 0.1) is 19.0 Å². The Balaban J connectivity index is 2.28. The molecule has 0 atom stereocenters. The summed E-state index contributed by atoms with van der Waals surface area (Å²) in [6.45, 7) is 8.75. The summed E-state index contributed by atoms with van der Waals surface area (Å²) in [4.78, 5) is 15.4. The third-order valence-corrected chi connectivity index (χ3v) is 3.82. The molecule has 2 N–H and O–H groups in total. The van der Waals surface area contributed by atoms with Gasteiger partial charge in [0.25, 0.3) is 0 Å². The molecule has 2 rings (SSSR count). The minimum absolute atomic E-state index is 0.416. The predicted molar refractivity (Wildman–Crippen MR) is 98.2 cm³/mol. The summed E-state index contributed by atoms with van der Waals surface area (Å²) >= 11 is 0. The van der Waals surface area contributed by atoms with E-state index in [1.165, 1.54) is 18.2 Å². The minimum Gasteiger partial charge on any atom is -0.453 e. The Labute approximate surface area is 143 Å². The fourth-order valence-electron chi connectivity index (χ4n) is 2.54. The first-order chi connectivity index (χ1) is 11.4. The second-order valence-electron chi connectivity index (χ2n) is 6.29. The van der Waals surface area contributed by atoms with Crippen LogP contribution in [0.2, 0.25) is 0 Å². The molecule has 0 radical (unpaired) electrons. The van der Waals surface area contributed by atoms with Crippen molar-refractivity contribution in [3.05, 3.63) is 47.7 Å². The highest BCUT2D eigenvalue weighted by atomic mass is 16.5. The van der Waals surface area contributed by atoms with Gasteiger partial charge in [-0.2, -0.15) is 0 Å². The van der Waals surface area contributed by atoms with Crippen LogP contribution < -0.4 is 10.6 Å². The molecule has 0 aliphatic heterocycles. The number of hydrogen-bond donors (Lipinski definition) is 2. The van der Waals surface area contributed by atoms with Crippen LogP contribution in [0.25, 0.3) is 0 Å². The van der Waals surface area contributed by atoms with Crippen molar-refractivity contribution in [2.45, 2.75) is 39.5 Å². The van der Waals surface area contributed by atoms with E-state index in [0.29, 0.717) is 17.7 Å².